The fourth-order valence-electron chi connectivity index (χ4n) is 2.87. The zero-order chi connectivity index (χ0) is 24.5. The van der Waals surface area contributed by atoms with E-state index in [2.05, 4.69) is 15.3 Å². The normalized spacial score (nSPS) is 12.4. The Bertz CT molecular complexity index is 1270. The van der Waals surface area contributed by atoms with Crippen molar-refractivity contribution in [2.45, 2.75) is 24.9 Å². The highest BCUT2D eigenvalue weighted by Gasteiger charge is 2.36. The molecule has 174 valence electrons. The molecule has 0 aliphatic heterocycles. The zero-order valence-corrected chi connectivity index (χ0v) is 17.8. The summed E-state index contributed by atoms with van der Waals surface area (Å²) in [6.45, 7) is 2.44. The first kappa shape index (κ1) is 24.2. The fourth-order valence-corrected chi connectivity index (χ4v) is 3.37. The molecule has 33 heavy (non-hydrogen) atoms. The number of hydrogen-bond acceptors (Lipinski definition) is 5. The molecule has 0 saturated carbocycles. The number of ether oxygens (including phenoxy) is 1. The van der Waals surface area contributed by atoms with Crippen molar-refractivity contribution >= 4 is 22.6 Å². The molecule has 3 N–H and O–H groups in total. The number of nitrogens with two attached hydrogens (primary N) is 1. The highest BCUT2D eigenvalue weighted by Crippen LogP contribution is 2.37. The number of carbonyl (C=O) groups is 1. The van der Waals surface area contributed by atoms with Gasteiger partial charge in [0.1, 0.15) is 22.4 Å². The Labute approximate surface area is 186 Å². The summed E-state index contributed by atoms with van der Waals surface area (Å²) in [5, 5.41) is 7.48. The number of pyridine rings is 2. The summed E-state index contributed by atoms with van der Waals surface area (Å²) in [6, 6.07) is 5.11. The number of carbonyl (C=O) groups excluding carboxylic acids is 1. The minimum absolute atomic E-state index is 0.0419. The number of halogens is 5. The third-order valence-electron chi connectivity index (χ3n) is 4.45. The van der Waals surface area contributed by atoms with E-state index in [0.717, 1.165) is 31.2 Å². The monoisotopic (exact) mass is 486 g/mol. The third kappa shape index (κ3) is 5.31. The van der Waals surface area contributed by atoms with E-state index in [4.69, 9.17) is 9.88 Å². The molecule has 0 aliphatic carbocycles. The van der Waals surface area contributed by atoms with Gasteiger partial charge in [0, 0.05) is 11.9 Å². The lowest BCUT2D eigenvalue weighted by molar-refractivity contribution is -0.138. The third-order valence-corrected chi connectivity index (χ3v) is 5.20. The lowest BCUT2D eigenvalue weighted by atomic mass is 10.0. The standard InChI is InChI=1S/C20H15F5N4O3S/c1-9-12(20(23,24)25)8-27-19(32-14-5-6-16(22)28-10(14)2)17(9)18(30)29-11-3-4-13(21)15(7-11)33(26)31/h3-8H,26H2,1-2H3,(H,29,30)/t33-/m0/s1. The van der Waals surface area contributed by atoms with Gasteiger partial charge in [0.15, 0.2) is 5.75 Å². The molecule has 0 saturated heterocycles. The second-order valence-corrected chi connectivity index (χ2v) is 7.73. The van der Waals surface area contributed by atoms with Crippen molar-refractivity contribution in [3.05, 3.63) is 70.7 Å². The molecular formula is C20H15F5N4O3S. The van der Waals surface area contributed by atoms with Gasteiger partial charge in [-0.15, -0.1) is 0 Å². The molecule has 3 aromatic rings. The summed E-state index contributed by atoms with van der Waals surface area (Å²) in [6.07, 6.45) is -4.32. The number of aryl methyl sites for hydroxylation is 1. The van der Waals surface area contributed by atoms with Gasteiger partial charge < -0.3 is 10.1 Å². The van der Waals surface area contributed by atoms with Crippen molar-refractivity contribution in [1.29, 1.82) is 0 Å². The van der Waals surface area contributed by atoms with Crippen LogP contribution in [0.4, 0.5) is 27.6 Å². The van der Waals surface area contributed by atoms with Crippen LogP contribution in [0.5, 0.6) is 11.6 Å². The first-order valence-electron chi connectivity index (χ1n) is 9.03. The summed E-state index contributed by atoms with van der Waals surface area (Å²) in [5.74, 6) is -3.32. The average molecular weight is 486 g/mol. The maximum atomic E-state index is 13.7. The van der Waals surface area contributed by atoms with E-state index >= 15 is 0 Å². The Morgan fingerprint density at radius 2 is 1.85 bits per heavy atom. The molecule has 7 nitrogen and oxygen atoms in total. The van der Waals surface area contributed by atoms with E-state index in [9.17, 15) is 31.0 Å². The molecule has 3 rings (SSSR count). The van der Waals surface area contributed by atoms with Crippen LogP contribution in [0.2, 0.25) is 0 Å². The summed E-state index contributed by atoms with van der Waals surface area (Å²) in [7, 11) is -2.22. The van der Waals surface area contributed by atoms with E-state index in [0.29, 0.717) is 6.20 Å². The first-order chi connectivity index (χ1) is 15.4. The summed E-state index contributed by atoms with van der Waals surface area (Å²) in [4.78, 5) is 19.7. The second-order valence-electron chi connectivity index (χ2n) is 6.69. The van der Waals surface area contributed by atoms with Gasteiger partial charge in [0.05, 0.1) is 16.2 Å². The Morgan fingerprint density at radius 3 is 2.45 bits per heavy atom. The molecule has 1 amide bonds. The average Bonchev–Trinajstić information content (AvgIpc) is 2.70. The van der Waals surface area contributed by atoms with Gasteiger partial charge in [-0.2, -0.15) is 17.6 Å². The van der Waals surface area contributed by atoms with Crippen LogP contribution >= 0.6 is 0 Å². The number of amides is 1. The molecule has 1 aromatic carbocycles. The van der Waals surface area contributed by atoms with E-state index < -0.39 is 62.3 Å². The quantitative estimate of drug-likeness (QED) is 0.410. The molecule has 1 atom stereocenters. The molecule has 0 fully saturated rings. The van der Waals surface area contributed by atoms with Crippen LogP contribution in [0, 0.1) is 25.6 Å². The largest absolute Gasteiger partial charge is 0.436 e. The van der Waals surface area contributed by atoms with Gasteiger partial charge in [-0.05, 0) is 49.7 Å². The van der Waals surface area contributed by atoms with E-state index in [1.54, 1.807) is 0 Å². The maximum Gasteiger partial charge on any atom is 0.418 e. The van der Waals surface area contributed by atoms with Gasteiger partial charge in [-0.25, -0.2) is 23.7 Å². The molecule has 13 heteroatoms. The Balaban J connectivity index is 2.08. The molecule has 0 radical (unpaired) electrons. The number of hydrogen-bond donors (Lipinski definition) is 2. The van der Waals surface area contributed by atoms with Crippen molar-refractivity contribution < 1.29 is 35.7 Å². The van der Waals surface area contributed by atoms with Crippen molar-refractivity contribution in [2.24, 2.45) is 5.14 Å². The van der Waals surface area contributed by atoms with Crippen LogP contribution in [-0.4, -0.2) is 20.1 Å². The minimum atomic E-state index is -4.82. The lowest BCUT2D eigenvalue weighted by Crippen LogP contribution is -2.19. The Morgan fingerprint density at radius 1 is 1.15 bits per heavy atom. The Kier molecular flexibility index (Phi) is 6.74. The minimum Gasteiger partial charge on any atom is -0.436 e. The van der Waals surface area contributed by atoms with Gasteiger partial charge in [0.2, 0.25) is 11.8 Å². The van der Waals surface area contributed by atoms with Crippen LogP contribution in [-0.2, 0) is 17.2 Å². The van der Waals surface area contributed by atoms with Gasteiger partial charge in [-0.1, -0.05) is 0 Å². The topological polar surface area (TPSA) is 107 Å². The van der Waals surface area contributed by atoms with Crippen molar-refractivity contribution in [2.75, 3.05) is 5.32 Å². The lowest BCUT2D eigenvalue weighted by Gasteiger charge is -2.17. The molecule has 0 bridgehead atoms. The first-order valence-corrected chi connectivity index (χ1v) is 10.2. The SMILES string of the molecule is Cc1nc(F)ccc1Oc1ncc(C(F)(F)F)c(C)c1C(=O)Nc1ccc(F)c([S@@](N)=O)c1. The number of benzene rings is 1. The molecule has 0 aliphatic rings. The van der Waals surface area contributed by atoms with Crippen LogP contribution in [0.25, 0.3) is 0 Å². The number of nitrogens with zero attached hydrogens (tertiary/aromatic N) is 2. The number of rotatable bonds is 5. The van der Waals surface area contributed by atoms with Crippen molar-refractivity contribution in [3.8, 4) is 11.6 Å². The van der Waals surface area contributed by atoms with Crippen LogP contribution in [0.15, 0.2) is 41.4 Å². The van der Waals surface area contributed by atoms with Crippen LogP contribution in [0.1, 0.15) is 27.2 Å². The molecule has 2 heterocycles. The van der Waals surface area contributed by atoms with E-state index in [-0.39, 0.29) is 17.1 Å². The number of aromatic nitrogens is 2. The highest BCUT2D eigenvalue weighted by atomic mass is 32.2. The van der Waals surface area contributed by atoms with Crippen LogP contribution < -0.4 is 15.2 Å². The number of anilines is 1. The summed E-state index contributed by atoms with van der Waals surface area (Å²) in [5.41, 5.74) is -2.28. The highest BCUT2D eigenvalue weighted by molar-refractivity contribution is 7.82. The van der Waals surface area contributed by atoms with Crippen LogP contribution in [0.3, 0.4) is 0 Å². The second kappa shape index (κ2) is 9.19. The smallest absolute Gasteiger partial charge is 0.418 e. The van der Waals surface area contributed by atoms with E-state index in [1.807, 2.05) is 0 Å². The predicted octanol–water partition coefficient (Wildman–Crippen LogP) is 4.42. The zero-order valence-electron chi connectivity index (χ0n) is 17.0. The van der Waals surface area contributed by atoms with Crippen molar-refractivity contribution in [3.63, 3.8) is 0 Å². The Hall–Kier alpha value is -3.45. The number of nitrogens with one attached hydrogen (secondary N) is 1. The maximum absolute atomic E-state index is 13.7. The summed E-state index contributed by atoms with van der Waals surface area (Å²) >= 11 is 0. The fraction of sp³-hybridized carbons (Fsp3) is 0.150. The molecule has 2 aromatic heterocycles. The molecular weight excluding hydrogens is 471 g/mol. The van der Waals surface area contributed by atoms with Gasteiger partial charge >= 0.3 is 6.18 Å². The number of alkyl halides is 3. The van der Waals surface area contributed by atoms with Gasteiger partial charge in [-0.3, -0.25) is 4.79 Å². The van der Waals surface area contributed by atoms with E-state index in [1.165, 1.54) is 13.0 Å². The molecule has 0 unspecified atom stereocenters. The summed E-state index contributed by atoms with van der Waals surface area (Å²) < 4.78 is 84.2. The molecule has 0 spiro atoms. The predicted molar refractivity (Wildman–Crippen MR) is 108 cm³/mol. The van der Waals surface area contributed by atoms with Crippen molar-refractivity contribution in [1.82, 2.24) is 9.97 Å². The van der Waals surface area contributed by atoms with Gasteiger partial charge in [0.25, 0.3) is 5.91 Å².